The lowest BCUT2D eigenvalue weighted by atomic mass is 9.70. The zero-order valence-electron chi connectivity index (χ0n) is 7.76. The van der Waals surface area contributed by atoms with Crippen molar-refractivity contribution in [2.24, 2.45) is 5.92 Å². The van der Waals surface area contributed by atoms with Crippen LogP contribution in [0.5, 0.6) is 0 Å². The van der Waals surface area contributed by atoms with Crippen LogP contribution in [0.4, 0.5) is 8.78 Å². The minimum absolute atomic E-state index is 0.124. The summed E-state index contributed by atoms with van der Waals surface area (Å²) in [6.45, 7) is 1.75. The van der Waals surface area contributed by atoms with E-state index in [4.69, 9.17) is 0 Å². The van der Waals surface area contributed by atoms with E-state index < -0.39 is 11.6 Å². The first-order valence-corrected chi connectivity index (χ1v) is 4.57. The van der Waals surface area contributed by atoms with Gasteiger partial charge in [0.1, 0.15) is 17.4 Å². The third-order valence-electron chi connectivity index (χ3n) is 2.89. The molecule has 0 amide bonds. The van der Waals surface area contributed by atoms with E-state index in [-0.39, 0.29) is 17.6 Å². The molecule has 0 radical (unpaired) electrons. The van der Waals surface area contributed by atoms with E-state index in [2.05, 4.69) is 0 Å². The first-order valence-electron chi connectivity index (χ1n) is 4.57. The average Bonchev–Trinajstić information content (AvgIpc) is 2.18. The first kappa shape index (κ1) is 9.31. The minimum atomic E-state index is -0.451. The van der Waals surface area contributed by atoms with Crippen LogP contribution in [0.2, 0.25) is 0 Å². The van der Waals surface area contributed by atoms with Crippen LogP contribution in [-0.2, 0) is 4.79 Å². The van der Waals surface area contributed by atoms with E-state index in [1.54, 1.807) is 6.92 Å². The van der Waals surface area contributed by atoms with Gasteiger partial charge < -0.3 is 0 Å². The highest BCUT2D eigenvalue weighted by Crippen LogP contribution is 2.40. The molecule has 1 aliphatic rings. The predicted molar refractivity (Wildman–Crippen MR) is 47.9 cm³/mol. The highest BCUT2D eigenvalue weighted by Gasteiger charge is 2.38. The third-order valence-corrected chi connectivity index (χ3v) is 2.89. The van der Waals surface area contributed by atoms with E-state index in [1.807, 2.05) is 0 Å². The molecule has 0 bridgehead atoms. The van der Waals surface area contributed by atoms with Gasteiger partial charge in [-0.3, -0.25) is 4.79 Å². The topological polar surface area (TPSA) is 17.1 Å². The zero-order chi connectivity index (χ0) is 10.3. The maximum Gasteiger partial charge on any atom is 0.136 e. The fourth-order valence-corrected chi connectivity index (χ4v) is 1.82. The van der Waals surface area contributed by atoms with Gasteiger partial charge in [0, 0.05) is 18.3 Å². The Morgan fingerprint density at radius 1 is 1.36 bits per heavy atom. The molecule has 1 saturated carbocycles. The van der Waals surface area contributed by atoms with E-state index in [0.717, 1.165) is 12.1 Å². The van der Waals surface area contributed by atoms with Gasteiger partial charge in [-0.05, 0) is 23.8 Å². The lowest BCUT2D eigenvalue weighted by Gasteiger charge is -2.32. The highest BCUT2D eigenvalue weighted by atomic mass is 19.1. The Morgan fingerprint density at radius 3 is 2.64 bits per heavy atom. The number of hydrogen-bond donors (Lipinski definition) is 0. The van der Waals surface area contributed by atoms with Crippen molar-refractivity contribution in [3.05, 3.63) is 35.4 Å². The van der Waals surface area contributed by atoms with Crippen LogP contribution in [0.15, 0.2) is 18.2 Å². The summed E-state index contributed by atoms with van der Waals surface area (Å²) >= 11 is 0. The summed E-state index contributed by atoms with van der Waals surface area (Å²) < 4.78 is 26.1. The Morgan fingerprint density at radius 2 is 2.07 bits per heavy atom. The molecule has 0 aliphatic heterocycles. The van der Waals surface area contributed by atoms with Crippen molar-refractivity contribution in [2.45, 2.75) is 19.3 Å². The predicted octanol–water partition coefficient (Wildman–Crippen LogP) is 2.66. The molecule has 2 atom stereocenters. The highest BCUT2D eigenvalue weighted by molar-refractivity contribution is 5.88. The molecule has 0 heterocycles. The monoisotopic (exact) mass is 196 g/mol. The van der Waals surface area contributed by atoms with Crippen molar-refractivity contribution >= 4 is 5.78 Å². The molecule has 2 unspecified atom stereocenters. The Balaban J connectivity index is 2.33. The number of halogens is 2. The maximum absolute atomic E-state index is 13.3. The molecule has 14 heavy (non-hydrogen) atoms. The summed E-state index contributed by atoms with van der Waals surface area (Å²) in [4.78, 5) is 11.0. The summed E-state index contributed by atoms with van der Waals surface area (Å²) in [5.41, 5.74) is 0.331. The van der Waals surface area contributed by atoms with Crippen LogP contribution in [0.1, 0.15) is 24.8 Å². The van der Waals surface area contributed by atoms with Crippen molar-refractivity contribution in [1.29, 1.82) is 0 Å². The van der Waals surface area contributed by atoms with E-state index in [9.17, 15) is 13.6 Å². The van der Waals surface area contributed by atoms with Crippen LogP contribution in [0.3, 0.4) is 0 Å². The second-order valence-corrected chi connectivity index (χ2v) is 3.73. The quantitative estimate of drug-likeness (QED) is 0.674. The molecule has 1 aromatic carbocycles. The lowest BCUT2D eigenvalue weighted by Crippen LogP contribution is -2.33. The maximum atomic E-state index is 13.3. The second-order valence-electron chi connectivity index (χ2n) is 3.73. The van der Waals surface area contributed by atoms with Gasteiger partial charge in [0.15, 0.2) is 0 Å². The largest absolute Gasteiger partial charge is 0.299 e. The Bertz CT molecular complexity index is 387. The first-order chi connectivity index (χ1) is 6.59. The minimum Gasteiger partial charge on any atom is -0.299 e. The molecule has 0 aromatic heterocycles. The summed E-state index contributed by atoms with van der Waals surface area (Å²) in [6, 6.07) is 3.38. The van der Waals surface area contributed by atoms with Gasteiger partial charge in [-0.1, -0.05) is 6.92 Å². The van der Waals surface area contributed by atoms with Gasteiger partial charge in [0.25, 0.3) is 0 Å². The number of benzene rings is 1. The van der Waals surface area contributed by atoms with Crippen molar-refractivity contribution in [1.82, 2.24) is 0 Å². The van der Waals surface area contributed by atoms with Crippen molar-refractivity contribution < 1.29 is 13.6 Å². The summed E-state index contributed by atoms with van der Waals surface area (Å²) in [7, 11) is 0. The molecule has 1 aliphatic carbocycles. The number of rotatable bonds is 1. The van der Waals surface area contributed by atoms with Gasteiger partial charge in [-0.2, -0.15) is 0 Å². The molecule has 0 spiro atoms. The number of Topliss-reactive ketones (excluding diaryl/α,β-unsaturated/α-hetero) is 1. The van der Waals surface area contributed by atoms with Crippen LogP contribution < -0.4 is 0 Å². The zero-order valence-corrected chi connectivity index (χ0v) is 7.76. The molecule has 3 heteroatoms. The van der Waals surface area contributed by atoms with Crippen molar-refractivity contribution in [3.63, 3.8) is 0 Å². The van der Waals surface area contributed by atoms with E-state index >= 15 is 0 Å². The molecule has 1 nitrogen and oxygen atoms in total. The van der Waals surface area contributed by atoms with E-state index in [0.29, 0.717) is 12.0 Å². The SMILES string of the molecule is CC1C(=O)CC1c1cc(F)ccc1F. The Kier molecular flexibility index (Phi) is 2.10. The molecule has 1 fully saturated rings. The Hall–Kier alpha value is -1.25. The summed E-state index contributed by atoms with van der Waals surface area (Å²) in [5, 5.41) is 0. The molecular weight excluding hydrogens is 186 g/mol. The van der Waals surface area contributed by atoms with Crippen molar-refractivity contribution in [2.75, 3.05) is 0 Å². The molecule has 0 N–H and O–H groups in total. The van der Waals surface area contributed by atoms with Crippen LogP contribution >= 0.6 is 0 Å². The van der Waals surface area contributed by atoms with Gasteiger partial charge in [-0.25, -0.2) is 8.78 Å². The number of carbonyl (C=O) groups excluding carboxylic acids is 1. The second kappa shape index (κ2) is 3.15. The standard InChI is InChI=1S/C11H10F2O/c1-6-8(5-11(6)14)9-4-7(12)2-3-10(9)13/h2-4,6,8H,5H2,1H3. The molecule has 74 valence electrons. The fourth-order valence-electron chi connectivity index (χ4n) is 1.82. The molecule has 0 saturated heterocycles. The van der Waals surface area contributed by atoms with Gasteiger partial charge in [0.05, 0.1) is 0 Å². The number of hydrogen-bond acceptors (Lipinski definition) is 1. The lowest BCUT2D eigenvalue weighted by molar-refractivity contribution is -0.130. The Labute approximate surface area is 80.7 Å². The van der Waals surface area contributed by atoms with Crippen LogP contribution in [-0.4, -0.2) is 5.78 Å². The fraction of sp³-hybridized carbons (Fsp3) is 0.364. The molecule has 1 aromatic rings. The molecular formula is C11H10F2O. The van der Waals surface area contributed by atoms with Gasteiger partial charge in [0.2, 0.25) is 0 Å². The van der Waals surface area contributed by atoms with Crippen LogP contribution in [0, 0.1) is 17.6 Å². The normalized spacial score (nSPS) is 26.1. The summed E-state index contributed by atoms with van der Waals surface area (Å²) in [5.74, 6) is -1.06. The number of carbonyl (C=O) groups is 1. The summed E-state index contributed by atoms with van der Waals surface area (Å²) in [6.07, 6.45) is 0.335. The average molecular weight is 196 g/mol. The van der Waals surface area contributed by atoms with Crippen molar-refractivity contribution in [3.8, 4) is 0 Å². The van der Waals surface area contributed by atoms with E-state index in [1.165, 1.54) is 6.07 Å². The smallest absolute Gasteiger partial charge is 0.136 e. The van der Waals surface area contributed by atoms with Gasteiger partial charge >= 0.3 is 0 Å². The van der Waals surface area contributed by atoms with Crippen LogP contribution in [0.25, 0.3) is 0 Å². The van der Waals surface area contributed by atoms with Gasteiger partial charge in [-0.15, -0.1) is 0 Å². The molecule has 2 rings (SSSR count). The number of ketones is 1. The third kappa shape index (κ3) is 1.33.